The molecule has 3 atom stereocenters. The molecule has 1 unspecified atom stereocenters. The summed E-state index contributed by atoms with van der Waals surface area (Å²) in [6, 6.07) is 44.8. The topological polar surface area (TPSA) is 116 Å². The number of nitrogens with zero attached hydrogens (tertiary/aromatic N) is 4. The van der Waals surface area contributed by atoms with Crippen LogP contribution in [-0.4, -0.2) is 130 Å². The third kappa shape index (κ3) is 22.3. The maximum Gasteiger partial charge on any atom is 0.226 e. The molecule has 0 radical (unpaired) electrons. The van der Waals surface area contributed by atoms with Crippen molar-refractivity contribution in [1.29, 1.82) is 0 Å². The summed E-state index contributed by atoms with van der Waals surface area (Å²) in [6.07, 6.45) is 9.97. The van der Waals surface area contributed by atoms with Gasteiger partial charge in [0, 0.05) is 51.5 Å². The SMILES string of the molecule is CC(C)C1c2ccc(F)cc2CCN1C(=O)C1CCN(CCc2ccccc2)CC1.COCCOc1ccccc1CCN1CCC(CC(=O)N[C@@H](c2ccc(F)cc2)C(C)C)CC1.COc1cccc(CCN2CCC(C(=O)N[C@@H](c3ccc(F)cc3)C(C)C)CC2)c1. The number of nitrogens with one attached hydrogen (secondary N) is 2. The average molecular weight is 1290 g/mol. The van der Waals surface area contributed by atoms with Crippen LogP contribution in [0.3, 0.4) is 0 Å². The van der Waals surface area contributed by atoms with Crippen LogP contribution in [0.4, 0.5) is 13.2 Å². The second-order valence-corrected chi connectivity index (χ2v) is 27.2. The van der Waals surface area contributed by atoms with Gasteiger partial charge in [-0.05, 0) is 221 Å². The minimum Gasteiger partial charge on any atom is -0.497 e. The summed E-state index contributed by atoms with van der Waals surface area (Å²) >= 11 is 0. The monoisotopic (exact) mass is 1290 g/mol. The van der Waals surface area contributed by atoms with E-state index >= 15 is 0 Å². The van der Waals surface area contributed by atoms with Crippen LogP contribution in [-0.2, 0) is 44.8 Å². The highest BCUT2D eigenvalue weighted by Crippen LogP contribution is 2.38. The first kappa shape index (κ1) is 72.8. The van der Waals surface area contributed by atoms with Crippen molar-refractivity contribution in [1.82, 2.24) is 30.2 Å². The molecule has 4 aliphatic rings. The van der Waals surface area contributed by atoms with Gasteiger partial charge in [0.05, 0.1) is 31.8 Å². The molecule has 0 spiro atoms. The maximum absolute atomic E-state index is 13.7. The van der Waals surface area contributed by atoms with E-state index < -0.39 is 0 Å². The molecule has 10 rings (SSSR count). The number of hydrogen-bond acceptors (Lipinski definition) is 9. The molecule has 0 bridgehead atoms. The second kappa shape index (κ2) is 37.3. The zero-order chi connectivity index (χ0) is 66.9. The van der Waals surface area contributed by atoms with Crippen LogP contribution in [0.5, 0.6) is 11.5 Å². The van der Waals surface area contributed by atoms with Crippen LogP contribution in [0.1, 0.15) is 144 Å². The minimum absolute atomic E-state index is 0.0415. The number of piperidine rings is 3. The third-order valence-corrected chi connectivity index (χ3v) is 19.4. The third-order valence-electron chi connectivity index (χ3n) is 19.4. The fraction of sp³-hybridized carbons (Fsp3) is 0.506. The summed E-state index contributed by atoms with van der Waals surface area (Å²) in [7, 11) is 3.37. The Labute approximate surface area is 559 Å². The number of halogens is 3. The number of carbonyl (C=O) groups excluding carboxylic acids is 3. The van der Waals surface area contributed by atoms with E-state index in [2.05, 4.69) is 126 Å². The van der Waals surface area contributed by atoms with Crippen molar-refractivity contribution >= 4 is 17.7 Å². The predicted molar refractivity (Wildman–Crippen MR) is 370 cm³/mol. The molecule has 3 saturated heterocycles. The Bertz CT molecular complexity index is 3240. The number of ether oxygens (including phenoxy) is 3. The molecule has 4 aliphatic heterocycles. The van der Waals surface area contributed by atoms with Crippen LogP contribution < -0.4 is 20.1 Å². The zero-order valence-corrected chi connectivity index (χ0v) is 57.2. The molecule has 2 N–H and O–H groups in total. The molecule has 12 nitrogen and oxygen atoms in total. The molecular weight excluding hydrogens is 1190 g/mol. The number of likely N-dealkylation sites (tertiary alicyclic amines) is 3. The van der Waals surface area contributed by atoms with Crippen molar-refractivity contribution in [2.45, 2.75) is 130 Å². The van der Waals surface area contributed by atoms with E-state index in [0.717, 1.165) is 157 Å². The van der Waals surface area contributed by atoms with Gasteiger partial charge >= 0.3 is 0 Å². The smallest absolute Gasteiger partial charge is 0.226 e. The van der Waals surface area contributed by atoms with E-state index in [0.29, 0.717) is 43.9 Å². The molecule has 0 aromatic heterocycles. The van der Waals surface area contributed by atoms with Gasteiger partial charge in [-0.15, -0.1) is 0 Å². The average Bonchev–Trinajstić information content (AvgIpc) is 0.783. The normalized spacial score (nSPS) is 17.5. The van der Waals surface area contributed by atoms with Gasteiger partial charge in [0.15, 0.2) is 0 Å². The zero-order valence-electron chi connectivity index (χ0n) is 57.2. The van der Waals surface area contributed by atoms with Crippen molar-refractivity contribution in [3.05, 3.63) is 202 Å². The number of carbonyl (C=O) groups is 3. The van der Waals surface area contributed by atoms with Gasteiger partial charge in [0.2, 0.25) is 17.7 Å². The fourth-order valence-electron chi connectivity index (χ4n) is 13.9. The lowest BCUT2D eigenvalue weighted by Gasteiger charge is -2.42. The highest BCUT2D eigenvalue weighted by Gasteiger charge is 2.37. The lowest BCUT2D eigenvalue weighted by molar-refractivity contribution is -0.141. The summed E-state index contributed by atoms with van der Waals surface area (Å²) in [5.74, 6) is 2.97. The predicted octanol–water partition coefficient (Wildman–Crippen LogP) is 14.5. The Balaban J connectivity index is 0.000000181. The second-order valence-electron chi connectivity index (χ2n) is 27.2. The molecule has 4 heterocycles. The van der Waals surface area contributed by atoms with Gasteiger partial charge in [0.1, 0.15) is 35.6 Å². The summed E-state index contributed by atoms with van der Waals surface area (Å²) in [5, 5.41) is 6.40. The molecule has 6 aromatic rings. The van der Waals surface area contributed by atoms with Gasteiger partial charge in [-0.3, -0.25) is 14.4 Å². The van der Waals surface area contributed by atoms with Crippen molar-refractivity contribution in [3.63, 3.8) is 0 Å². The van der Waals surface area contributed by atoms with Gasteiger partial charge in [0.25, 0.3) is 0 Å². The van der Waals surface area contributed by atoms with Crippen LogP contribution in [0, 0.1) is 53.0 Å². The van der Waals surface area contributed by atoms with Crippen molar-refractivity contribution in [2.24, 2.45) is 35.5 Å². The molecule has 3 amide bonds. The van der Waals surface area contributed by atoms with E-state index in [9.17, 15) is 27.6 Å². The molecule has 94 heavy (non-hydrogen) atoms. The maximum atomic E-state index is 13.7. The van der Waals surface area contributed by atoms with Crippen LogP contribution in [0.25, 0.3) is 0 Å². The number of hydrogen-bond donors (Lipinski definition) is 2. The van der Waals surface area contributed by atoms with Gasteiger partial charge in [-0.1, -0.05) is 133 Å². The number of fused-ring (bicyclic) bond motifs is 1. The highest BCUT2D eigenvalue weighted by atomic mass is 19.1. The highest BCUT2D eigenvalue weighted by molar-refractivity contribution is 5.80. The van der Waals surface area contributed by atoms with Gasteiger partial charge in [-0.2, -0.15) is 0 Å². The lowest BCUT2D eigenvalue weighted by atomic mass is 9.84. The van der Waals surface area contributed by atoms with Crippen molar-refractivity contribution < 1.29 is 41.8 Å². The Hall–Kier alpha value is -7.04. The van der Waals surface area contributed by atoms with Crippen LogP contribution >= 0.6 is 0 Å². The number of rotatable bonds is 25. The first-order valence-corrected chi connectivity index (χ1v) is 34.7. The number of amides is 3. The minimum atomic E-state index is -0.258. The summed E-state index contributed by atoms with van der Waals surface area (Å²) in [4.78, 5) is 48.6. The van der Waals surface area contributed by atoms with E-state index in [1.54, 1.807) is 44.6 Å². The molecule has 0 saturated carbocycles. The summed E-state index contributed by atoms with van der Waals surface area (Å²) < 4.78 is 56.5. The Morgan fingerprint density at radius 1 is 0.532 bits per heavy atom. The molecule has 6 aromatic carbocycles. The summed E-state index contributed by atoms with van der Waals surface area (Å²) in [5.41, 5.74) is 7.97. The summed E-state index contributed by atoms with van der Waals surface area (Å²) in [6.45, 7) is 23.4. The molecular formula is C79H105F3N6O6. The molecule has 508 valence electrons. The first-order valence-electron chi connectivity index (χ1n) is 34.7. The molecule has 15 heteroatoms. The van der Waals surface area contributed by atoms with Crippen molar-refractivity contribution in [2.75, 3.05) is 92.9 Å². The first-order chi connectivity index (χ1) is 45.4. The number of benzene rings is 6. The van der Waals surface area contributed by atoms with E-state index in [1.807, 2.05) is 30.3 Å². The lowest BCUT2D eigenvalue weighted by Crippen LogP contribution is -2.47. The Morgan fingerprint density at radius 2 is 1.06 bits per heavy atom. The Kier molecular flexibility index (Phi) is 28.9. The largest absolute Gasteiger partial charge is 0.497 e. The molecule has 3 fully saturated rings. The fourth-order valence-corrected chi connectivity index (χ4v) is 13.9. The van der Waals surface area contributed by atoms with Gasteiger partial charge < -0.3 is 44.4 Å². The van der Waals surface area contributed by atoms with Gasteiger partial charge in [-0.25, -0.2) is 13.2 Å². The standard InChI is InChI=1S/C28H39FN2O3.C26H33FN2O.C25H33FN2O2/c1-21(2)28(24-8-10-25(29)11-9-24)30-27(32)20-22-12-15-31(16-13-22)17-14-23-6-4-5-7-26(23)34-19-18-33-3;1-19(2)25-24-9-8-23(27)18-22(24)13-17-29(25)26(30)21-11-15-28(16-12-21)14-10-20-6-4-3-5-7-20;1-18(2)24(20-7-9-22(26)10-8-20)27-25(29)21-12-15-28(16-13-21)14-11-19-5-4-6-23(17-19)30-3/h4-11,21-22,28H,12-20H2,1-3H3,(H,30,32);3-9,18-19,21,25H,10-17H2,1-2H3;4-10,17-18,21,24H,11-16H2,1-3H3,(H,27,29)/t28-;;24-/m1.1/s1. The van der Waals surface area contributed by atoms with E-state index in [1.165, 1.54) is 47.0 Å². The van der Waals surface area contributed by atoms with E-state index in [4.69, 9.17) is 14.2 Å². The van der Waals surface area contributed by atoms with Crippen LogP contribution in [0.2, 0.25) is 0 Å². The number of para-hydroxylation sites is 1. The molecule has 0 aliphatic carbocycles. The Morgan fingerprint density at radius 3 is 1.65 bits per heavy atom. The van der Waals surface area contributed by atoms with Crippen molar-refractivity contribution in [3.8, 4) is 11.5 Å². The van der Waals surface area contributed by atoms with E-state index in [-0.39, 0.29) is 71.1 Å². The quantitative estimate of drug-likeness (QED) is 0.0541. The number of methoxy groups -OCH3 is 2. The van der Waals surface area contributed by atoms with Crippen LogP contribution in [0.15, 0.2) is 146 Å².